The SMILES string of the molecule is CN(c1ccc(F)cc1)c1nn(C)cc1N. The molecule has 0 atom stereocenters. The molecule has 84 valence electrons. The maximum Gasteiger partial charge on any atom is 0.178 e. The first kappa shape index (κ1) is 10.5. The summed E-state index contributed by atoms with van der Waals surface area (Å²) in [5.41, 5.74) is 7.24. The second-order valence-electron chi connectivity index (χ2n) is 3.62. The fourth-order valence-electron chi connectivity index (χ4n) is 1.54. The molecule has 0 fully saturated rings. The summed E-state index contributed by atoms with van der Waals surface area (Å²) in [7, 11) is 3.64. The van der Waals surface area contributed by atoms with E-state index >= 15 is 0 Å². The van der Waals surface area contributed by atoms with Gasteiger partial charge in [-0.05, 0) is 24.3 Å². The molecule has 1 heterocycles. The van der Waals surface area contributed by atoms with Crippen LogP contribution in [0.15, 0.2) is 30.5 Å². The van der Waals surface area contributed by atoms with E-state index in [9.17, 15) is 4.39 Å². The van der Waals surface area contributed by atoms with Gasteiger partial charge in [-0.15, -0.1) is 0 Å². The number of nitrogens with two attached hydrogens (primary N) is 1. The van der Waals surface area contributed by atoms with Crippen molar-refractivity contribution in [2.24, 2.45) is 7.05 Å². The largest absolute Gasteiger partial charge is 0.394 e. The molecule has 0 aliphatic heterocycles. The van der Waals surface area contributed by atoms with E-state index in [0.29, 0.717) is 11.5 Å². The number of halogens is 1. The second kappa shape index (κ2) is 3.84. The predicted octanol–water partition coefficient (Wildman–Crippen LogP) is 1.91. The number of aryl methyl sites for hydroxylation is 1. The molecule has 0 aliphatic rings. The summed E-state index contributed by atoms with van der Waals surface area (Å²) in [6.45, 7) is 0. The van der Waals surface area contributed by atoms with Crippen molar-refractivity contribution in [2.75, 3.05) is 17.7 Å². The number of nitrogens with zero attached hydrogens (tertiary/aromatic N) is 3. The number of benzene rings is 1. The van der Waals surface area contributed by atoms with E-state index in [1.54, 1.807) is 30.1 Å². The summed E-state index contributed by atoms with van der Waals surface area (Å²) in [4.78, 5) is 1.81. The van der Waals surface area contributed by atoms with Gasteiger partial charge in [0.05, 0.1) is 5.69 Å². The smallest absolute Gasteiger partial charge is 0.178 e. The fourth-order valence-corrected chi connectivity index (χ4v) is 1.54. The molecule has 2 aromatic rings. The van der Waals surface area contributed by atoms with E-state index in [4.69, 9.17) is 5.73 Å². The fraction of sp³-hybridized carbons (Fsp3) is 0.182. The minimum atomic E-state index is -0.258. The maximum atomic E-state index is 12.8. The molecule has 2 N–H and O–H groups in total. The second-order valence-corrected chi connectivity index (χ2v) is 3.62. The van der Waals surface area contributed by atoms with E-state index in [1.165, 1.54) is 12.1 Å². The topological polar surface area (TPSA) is 47.1 Å². The molecular weight excluding hydrogens is 207 g/mol. The lowest BCUT2D eigenvalue weighted by atomic mass is 10.3. The lowest BCUT2D eigenvalue weighted by Gasteiger charge is -2.16. The molecule has 0 amide bonds. The molecule has 0 unspecified atom stereocenters. The van der Waals surface area contributed by atoms with Gasteiger partial charge in [0.25, 0.3) is 0 Å². The third-order valence-corrected chi connectivity index (χ3v) is 2.37. The summed E-state index contributed by atoms with van der Waals surface area (Å²) in [6.07, 6.45) is 1.73. The van der Waals surface area contributed by atoms with Crippen LogP contribution in [0.25, 0.3) is 0 Å². The third-order valence-electron chi connectivity index (χ3n) is 2.37. The van der Waals surface area contributed by atoms with Gasteiger partial charge >= 0.3 is 0 Å². The van der Waals surface area contributed by atoms with Crippen LogP contribution in [-0.2, 0) is 7.05 Å². The highest BCUT2D eigenvalue weighted by Gasteiger charge is 2.11. The van der Waals surface area contributed by atoms with Crippen LogP contribution < -0.4 is 10.6 Å². The minimum absolute atomic E-state index is 0.258. The van der Waals surface area contributed by atoms with E-state index in [1.807, 2.05) is 11.9 Å². The average Bonchev–Trinajstić information content (AvgIpc) is 2.58. The number of hydrogen-bond acceptors (Lipinski definition) is 3. The lowest BCUT2D eigenvalue weighted by Crippen LogP contribution is -2.11. The minimum Gasteiger partial charge on any atom is -0.394 e. The number of anilines is 3. The first-order valence-electron chi connectivity index (χ1n) is 4.86. The molecule has 1 aromatic heterocycles. The van der Waals surface area contributed by atoms with Crippen LogP contribution >= 0.6 is 0 Å². The van der Waals surface area contributed by atoms with E-state index < -0.39 is 0 Å². The lowest BCUT2D eigenvalue weighted by molar-refractivity contribution is 0.628. The Kier molecular flexibility index (Phi) is 2.52. The highest BCUT2D eigenvalue weighted by molar-refractivity contribution is 5.69. The molecule has 0 saturated carbocycles. The summed E-state index contributed by atoms with van der Waals surface area (Å²) >= 11 is 0. The van der Waals surface area contributed by atoms with Gasteiger partial charge in [-0.2, -0.15) is 5.10 Å². The quantitative estimate of drug-likeness (QED) is 0.841. The van der Waals surface area contributed by atoms with Crippen molar-refractivity contribution in [3.8, 4) is 0 Å². The van der Waals surface area contributed by atoms with Crippen molar-refractivity contribution in [3.05, 3.63) is 36.3 Å². The number of hydrogen-bond donors (Lipinski definition) is 1. The predicted molar refractivity (Wildman–Crippen MR) is 62.1 cm³/mol. The Hall–Kier alpha value is -2.04. The Morgan fingerprint density at radius 2 is 1.94 bits per heavy atom. The molecular formula is C11H13FN4. The molecule has 1 aromatic carbocycles. The molecule has 0 spiro atoms. The maximum absolute atomic E-state index is 12.8. The Balaban J connectivity index is 2.35. The Bertz CT molecular complexity index is 489. The Morgan fingerprint density at radius 3 is 2.44 bits per heavy atom. The van der Waals surface area contributed by atoms with Crippen molar-refractivity contribution in [3.63, 3.8) is 0 Å². The monoisotopic (exact) mass is 220 g/mol. The van der Waals surface area contributed by atoms with Crippen LogP contribution in [0.4, 0.5) is 21.6 Å². The Morgan fingerprint density at radius 1 is 1.31 bits per heavy atom. The molecule has 0 radical (unpaired) electrons. The van der Waals surface area contributed by atoms with Gasteiger partial charge in [0.2, 0.25) is 0 Å². The number of aromatic nitrogens is 2. The van der Waals surface area contributed by atoms with E-state index in [0.717, 1.165) is 5.69 Å². The number of nitrogen functional groups attached to an aromatic ring is 1. The molecule has 0 bridgehead atoms. The van der Waals surface area contributed by atoms with Crippen molar-refractivity contribution >= 4 is 17.2 Å². The van der Waals surface area contributed by atoms with Crippen molar-refractivity contribution in [1.29, 1.82) is 0 Å². The van der Waals surface area contributed by atoms with Crippen LogP contribution in [0.5, 0.6) is 0 Å². The van der Waals surface area contributed by atoms with Crippen LogP contribution in [-0.4, -0.2) is 16.8 Å². The first-order valence-corrected chi connectivity index (χ1v) is 4.86. The van der Waals surface area contributed by atoms with Gasteiger partial charge in [-0.1, -0.05) is 0 Å². The molecule has 2 rings (SSSR count). The third kappa shape index (κ3) is 1.84. The average molecular weight is 220 g/mol. The van der Waals surface area contributed by atoms with Gasteiger partial charge in [0, 0.05) is 26.0 Å². The molecule has 16 heavy (non-hydrogen) atoms. The molecule has 0 aliphatic carbocycles. The standard InChI is InChI=1S/C11H13FN4/c1-15-7-10(13)11(14-15)16(2)9-5-3-8(12)4-6-9/h3-7H,13H2,1-2H3. The van der Waals surface area contributed by atoms with Gasteiger partial charge < -0.3 is 10.6 Å². The van der Waals surface area contributed by atoms with Crippen molar-refractivity contribution < 1.29 is 4.39 Å². The zero-order valence-corrected chi connectivity index (χ0v) is 9.18. The van der Waals surface area contributed by atoms with Crippen LogP contribution in [0, 0.1) is 5.82 Å². The summed E-state index contributed by atoms with van der Waals surface area (Å²) < 4.78 is 14.4. The van der Waals surface area contributed by atoms with E-state index in [2.05, 4.69) is 5.10 Å². The van der Waals surface area contributed by atoms with Crippen molar-refractivity contribution in [2.45, 2.75) is 0 Å². The van der Waals surface area contributed by atoms with E-state index in [-0.39, 0.29) is 5.82 Å². The molecule has 5 heteroatoms. The Labute approximate surface area is 93.1 Å². The summed E-state index contributed by atoms with van der Waals surface area (Å²) in [5.74, 6) is 0.403. The van der Waals surface area contributed by atoms with Crippen molar-refractivity contribution in [1.82, 2.24) is 9.78 Å². The zero-order chi connectivity index (χ0) is 11.7. The van der Waals surface area contributed by atoms with Crippen LogP contribution in [0.2, 0.25) is 0 Å². The van der Waals surface area contributed by atoms with Crippen LogP contribution in [0.3, 0.4) is 0 Å². The summed E-state index contributed by atoms with van der Waals surface area (Å²) in [5, 5.41) is 4.23. The van der Waals surface area contributed by atoms with Gasteiger partial charge in [-0.3, -0.25) is 4.68 Å². The normalized spacial score (nSPS) is 10.4. The van der Waals surface area contributed by atoms with Gasteiger partial charge in [0.15, 0.2) is 5.82 Å². The van der Waals surface area contributed by atoms with Gasteiger partial charge in [-0.25, -0.2) is 4.39 Å². The summed E-state index contributed by atoms with van der Waals surface area (Å²) in [6, 6.07) is 6.18. The van der Waals surface area contributed by atoms with Crippen LogP contribution in [0.1, 0.15) is 0 Å². The highest BCUT2D eigenvalue weighted by atomic mass is 19.1. The van der Waals surface area contributed by atoms with Gasteiger partial charge in [0.1, 0.15) is 5.82 Å². The number of rotatable bonds is 2. The molecule has 0 saturated heterocycles. The molecule has 4 nitrogen and oxygen atoms in total. The zero-order valence-electron chi connectivity index (χ0n) is 9.18. The first-order chi connectivity index (χ1) is 7.58. The highest BCUT2D eigenvalue weighted by Crippen LogP contribution is 2.26.